The average molecular weight is 326 g/mol. The molecule has 2 aromatic rings. The molecule has 1 fully saturated rings. The number of rotatable bonds is 2. The first-order valence-corrected chi connectivity index (χ1v) is 7.04. The van der Waals surface area contributed by atoms with Crippen molar-refractivity contribution in [3.05, 3.63) is 40.2 Å². The van der Waals surface area contributed by atoms with Crippen molar-refractivity contribution < 1.29 is 22.4 Å². The number of benzene rings is 1. The van der Waals surface area contributed by atoms with Gasteiger partial charge in [-0.1, -0.05) is 0 Å². The predicted molar refractivity (Wildman–Crippen MR) is 77.1 cm³/mol. The van der Waals surface area contributed by atoms with Crippen molar-refractivity contribution in [2.75, 3.05) is 11.9 Å². The van der Waals surface area contributed by atoms with Crippen LogP contribution < -0.4 is 16.3 Å². The van der Waals surface area contributed by atoms with Crippen molar-refractivity contribution in [3.8, 4) is 0 Å². The number of fused-ring (bicyclic) bond motifs is 1. The van der Waals surface area contributed by atoms with Crippen LogP contribution in [-0.4, -0.2) is 18.5 Å². The molecule has 1 aromatic carbocycles. The zero-order chi connectivity index (χ0) is 16.6. The smallest absolute Gasteiger partial charge is 0.417 e. The van der Waals surface area contributed by atoms with E-state index in [0.717, 1.165) is 13.0 Å². The summed E-state index contributed by atoms with van der Waals surface area (Å²) in [6, 6.07) is 3.85. The minimum absolute atomic E-state index is 0.220. The summed E-state index contributed by atoms with van der Waals surface area (Å²) >= 11 is 0. The normalized spacial score (nSPS) is 18.3. The van der Waals surface area contributed by atoms with Crippen molar-refractivity contribution >= 4 is 22.6 Å². The fraction of sp³-hybridized carbons (Fsp3) is 0.333. The van der Waals surface area contributed by atoms with Gasteiger partial charge in [0, 0.05) is 23.2 Å². The molecule has 0 radical (unpaired) electrons. The lowest BCUT2D eigenvalue weighted by Crippen LogP contribution is -2.35. The predicted octanol–water partition coefficient (Wildman–Crippen LogP) is 2.50. The Morgan fingerprint density at radius 3 is 2.74 bits per heavy atom. The van der Waals surface area contributed by atoms with Crippen LogP contribution in [0.3, 0.4) is 0 Å². The Morgan fingerprint density at radius 1 is 1.30 bits per heavy atom. The van der Waals surface area contributed by atoms with Gasteiger partial charge in [0.25, 0.3) is 0 Å². The quantitative estimate of drug-likeness (QED) is 0.832. The third-order valence-corrected chi connectivity index (χ3v) is 3.69. The molecule has 2 heterocycles. The van der Waals surface area contributed by atoms with Gasteiger partial charge in [0.15, 0.2) is 0 Å². The molecule has 1 saturated heterocycles. The summed E-state index contributed by atoms with van der Waals surface area (Å²) in [7, 11) is 0. The lowest BCUT2D eigenvalue weighted by atomic mass is 10.1. The summed E-state index contributed by atoms with van der Waals surface area (Å²) in [5.74, 6) is -0.267. The summed E-state index contributed by atoms with van der Waals surface area (Å²) < 4.78 is 43.7. The number of hydrogen-bond acceptors (Lipinski definition) is 4. The number of carbonyl (C=O) groups excluding carboxylic acids is 1. The van der Waals surface area contributed by atoms with E-state index < -0.39 is 17.4 Å². The summed E-state index contributed by atoms with van der Waals surface area (Å²) in [5.41, 5.74) is -2.09. The molecular formula is C15H13F3N2O3. The van der Waals surface area contributed by atoms with E-state index in [-0.39, 0.29) is 28.6 Å². The van der Waals surface area contributed by atoms with Gasteiger partial charge < -0.3 is 15.1 Å². The second-order valence-corrected chi connectivity index (χ2v) is 5.33. The number of nitrogens with one attached hydrogen (secondary N) is 2. The number of amides is 1. The van der Waals surface area contributed by atoms with Gasteiger partial charge in [-0.25, -0.2) is 4.79 Å². The Kier molecular flexibility index (Phi) is 3.85. The zero-order valence-electron chi connectivity index (χ0n) is 11.9. The molecule has 1 amide bonds. The minimum atomic E-state index is -4.66. The highest BCUT2D eigenvalue weighted by atomic mass is 19.4. The molecule has 1 atom stereocenters. The molecule has 3 rings (SSSR count). The van der Waals surface area contributed by atoms with Gasteiger partial charge in [0.2, 0.25) is 5.91 Å². The lowest BCUT2D eigenvalue weighted by molar-refractivity contribution is -0.136. The Balaban J connectivity index is 1.96. The third kappa shape index (κ3) is 3.21. The molecule has 23 heavy (non-hydrogen) atoms. The number of hydrogen-bond donors (Lipinski definition) is 2. The molecule has 0 saturated carbocycles. The fourth-order valence-electron chi connectivity index (χ4n) is 2.61. The van der Waals surface area contributed by atoms with E-state index in [1.807, 2.05) is 0 Å². The molecule has 0 bridgehead atoms. The van der Waals surface area contributed by atoms with Crippen LogP contribution >= 0.6 is 0 Å². The number of halogens is 3. The largest absolute Gasteiger partial charge is 0.423 e. The van der Waals surface area contributed by atoms with Crippen molar-refractivity contribution in [2.45, 2.75) is 25.1 Å². The maximum atomic E-state index is 13.0. The van der Waals surface area contributed by atoms with Crippen LogP contribution in [0.15, 0.2) is 33.5 Å². The number of alkyl halides is 3. The Morgan fingerprint density at radius 2 is 2.09 bits per heavy atom. The van der Waals surface area contributed by atoms with E-state index in [2.05, 4.69) is 10.6 Å². The number of carbonyl (C=O) groups is 1. The first-order chi connectivity index (χ1) is 10.8. The highest BCUT2D eigenvalue weighted by Crippen LogP contribution is 2.34. The van der Waals surface area contributed by atoms with Crippen LogP contribution in [0.4, 0.5) is 18.9 Å². The van der Waals surface area contributed by atoms with Crippen LogP contribution in [0.2, 0.25) is 0 Å². The van der Waals surface area contributed by atoms with E-state index >= 15 is 0 Å². The standard InChI is InChI=1S/C15H13F3N2O3/c16-15(17,18)10-7-13(21)23-12-6-8(3-4-9(10)12)20-14(22)11-2-1-5-19-11/h3-4,6-7,11,19H,1-2,5H2,(H,20,22)/t11-/m0/s1. The molecule has 0 unspecified atom stereocenters. The van der Waals surface area contributed by atoms with E-state index in [0.29, 0.717) is 12.5 Å². The molecule has 0 spiro atoms. The molecule has 0 aliphatic carbocycles. The van der Waals surface area contributed by atoms with Crippen LogP contribution in [0.5, 0.6) is 0 Å². The van der Waals surface area contributed by atoms with E-state index in [9.17, 15) is 22.8 Å². The van der Waals surface area contributed by atoms with Crippen LogP contribution in [-0.2, 0) is 11.0 Å². The average Bonchev–Trinajstić information content (AvgIpc) is 2.99. The Hall–Kier alpha value is -2.35. The van der Waals surface area contributed by atoms with Gasteiger partial charge in [-0.15, -0.1) is 0 Å². The lowest BCUT2D eigenvalue weighted by Gasteiger charge is -2.13. The van der Waals surface area contributed by atoms with Crippen LogP contribution in [0.25, 0.3) is 11.0 Å². The van der Waals surface area contributed by atoms with Gasteiger partial charge in [-0.3, -0.25) is 4.79 Å². The summed E-state index contributed by atoms with van der Waals surface area (Å²) in [5, 5.41) is 5.40. The topological polar surface area (TPSA) is 71.3 Å². The van der Waals surface area contributed by atoms with Gasteiger partial charge in [-0.2, -0.15) is 13.2 Å². The summed E-state index contributed by atoms with van der Waals surface area (Å²) in [6.45, 7) is 0.750. The molecule has 1 aliphatic rings. The first-order valence-electron chi connectivity index (χ1n) is 7.04. The maximum Gasteiger partial charge on any atom is 0.417 e. The third-order valence-electron chi connectivity index (χ3n) is 3.69. The highest BCUT2D eigenvalue weighted by Gasteiger charge is 2.34. The molecule has 122 valence electrons. The summed E-state index contributed by atoms with van der Waals surface area (Å²) in [4.78, 5) is 23.3. The Bertz CT molecular complexity index is 808. The van der Waals surface area contributed by atoms with E-state index in [1.54, 1.807) is 0 Å². The Labute approximate surface area is 128 Å². The van der Waals surface area contributed by atoms with Crippen molar-refractivity contribution in [3.63, 3.8) is 0 Å². The van der Waals surface area contributed by atoms with E-state index in [1.165, 1.54) is 18.2 Å². The first kappa shape index (κ1) is 15.5. The van der Waals surface area contributed by atoms with Gasteiger partial charge in [-0.05, 0) is 31.5 Å². The molecule has 1 aliphatic heterocycles. The molecular weight excluding hydrogens is 313 g/mol. The molecule has 2 N–H and O–H groups in total. The monoisotopic (exact) mass is 326 g/mol. The SMILES string of the molecule is O=C(Nc1ccc2c(C(F)(F)F)cc(=O)oc2c1)[C@@H]1CCCN1. The second kappa shape index (κ2) is 5.69. The molecule has 1 aromatic heterocycles. The minimum Gasteiger partial charge on any atom is -0.423 e. The zero-order valence-corrected chi connectivity index (χ0v) is 11.9. The highest BCUT2D eigenvalue weighted by molar-refractivity contribution is 5.97. The van der Waals surface area contributed by atoms with Crippen LogP contribution in [0.1, 0.15) is 18.4 Å². The van der Waals surface area contributed by atoms with Gasteiger partial charge in [0.1, 0.15) is 5.58 Å². The van der Waals surface area contributed by atoms with Crippen molar-refractivity contribution in [1.82, 2.24) is 5.32 Å². The van der Waals surface area contributed by atoms with Crippen LogP contribution in [0, 0.1) is 0 Å². The second-order valence-electron chi connectivity index (χ2n) is 5.33. The fourth-order valence-corrected chi connectivity index (χ4v) is 2.61. The van der Waals surface area contributed by atoms with E-state index in [4.69, 9.17) is 4.42 Å². The van der Waals surface area contributed by atoms with Gasteiger partial charge >= 0.3 is 11.8 Å². The van der Waals surface area contributed by atoms with Gasteiger partial charge in [0.05, 0.1) is 11.6 Å². The molecule has 8 heteroatoms. The summed E-state index contributed by atoms with van der Waals surface area (Å²) in [6.07, 6.45) is -3.07. The van der Waals surface area contributed by atoms with Crippen molar-refractivity contribution in [2.24, 2.45) is 0 Å². The van der Waals surface area contributed by atoms with Crippen molar-refractivity contribution in [1.29, 1.82) is 0 Å². The maximum absolute atomic E-state index is 13.0. The number of anilines is 1. The molecule has 5 nitrogen and oxygen atoms in total.